The molecule has 1 aromatic rings. The van der Waals surface area contributed by atoms with Gasteiger partial charge in [-0.2, -0.15) is 0 Å². The van der Waals surface area contributed by atoms with E-state index in [0.29, 0.717) is 0 Å². The van der Waals surface area contributed by atoms with Gasteiger partial charge in [-0.15, -0.1) is 12.4 Å². The third kappa shape index (κ3) is 9.19. The van der Waals surface area contributed by atoms with Crippen molar-refractivity contribution in [1.82, 2.24) is 10.6 Å². The molecule has 8 heteroatoms. The van der Waals surface area contributed by atoms with E-state index in [4.69, 9.17) is 10.5 Å². The minimum absolute atomic E-state index is 0. The first-order valence-corrected chi connectivity index (χ1v) is 9.18. The third-order valence-electron chi connectivity index (χ3n) is 4.00. The van der Waals surface area contributed by atoms with Crippen LogP contribution in [0.15, 0.2) is 24.3 Å². The van der Waals surface area contributed by atoms with Crippen LogP contribution < -0.4 is 16.4 Å². The zero-order valence-corrected chi connectivity index (χ0v) is 18.0. The average molecular weight is 414 g/mol. The highest BCUT2D eigenvalue weighted by atomic mass is 35.5. The Labute approximate surface area is 173 Å². The molecule has 2 amide bonds. The van der Waals surface area contributed by atoms with E-state index in [2.05, 4.69) is 10.6 Å². The average Bonchev–Trinajstić information content (AvgIpc) is 2.58. The van der Waals surface area contributed by atoms with Crippen LogP contribution in [0.1, 0.15) is 51.3 Å². The highest BCUT2D eigenvalue weighted by Crippen LogP contribution is 2.18. The summed E-state index contributed by atoms with van der Waals surface area (Å²) in [5.74, 6) is -1.21. The monoisotopic (exact) mass is 413 g/mol. The van der Waals surface area contributed by atoms with E-state index in [-0.39, 0.29) is 43.3 Å². The van der Waals surface area contributed by atoms with Crippen LogP contribution in [0.3, 0.4) is 0 Å². The van der Waals surface area contributed by atoms with Crippen LogP contribution in [-0.2, 0) is 19.1 Å². The summed E-state index contributed by atoms with van der Waals surface area (Å²) in [5.41, 5.74) is 7.62. The van der Waals surface area contributed by atoms with E-state index < -0.39 is 24.0 Å². The lowest BCUT2D eigenvalue weighted by Crippen LogP contribution is -2.47. The number of nitrogens with two attached hydrogens (primary N) is 1. The molecule has 0 aliphatic rings. The van der Waals surface area contributed by atoms with Gasteiger partial charge in [-0.3, -0.25) is 14.4 Å². The molecule has 0 spiro atoms. The highest BCUT2D eigenvalue weighted by molar-refractivity contribution is 5.87. The summed E-state index contributed by atoms with van der Waals surface area (Å²) in [4.78, 5) is 36.2. The molecule has 1 aromatic carbocycles. The molecule has 0 saturated heterocycles. The molecule has 0 saturated carbocycles. The van der Waals surface area contributed by atoms with E-state index in [1.165, 1.54) is 0 Å². The number of carbonyl (C=O) groups excluding carboxylic acids is 3. The normalized spacial score (nSPS) is 12.7. The van der Waals surface area contributed by atoms with Crippen molar-refractivity contribution >= 4 is 30.2 Å². The summed E-state index contributed by atoms with van der Waals surface area (Å²) < 4.78 is 5.19. The van der Waals surface area contributed by atoms with Crippen molar-refractivity contribution in [2.45, 2.75) is 59.2 Å². The summed E-state index contributed by atoms with van der Waals surface area (Å²) in [6.45, 7) is 8.95. The van der Waals surface area contributed by atoms with Crippen LogP contribution in [-0.4, -0.2) is 36.5 Å². The number of aryl methyl sites for hydroxylation is 1. The topological polar surface area (TPSA) is 111 Å². The second-order valence-corrected chi connectivity index (χ2v) is 7.26. The molecule has 0 fully saturated rings. The van der Waals surface area contributed by atoms with Gasteiger partial charge < -0.3 is 21.1 Å². The standard InChI is InChI=1S/C20H31N3O4.ClH/c1-12(2)19(21)20(26)22-11-17(24)23-16(10-18(25)27-13(3)4)15-8-6-14(5)7-9-15;/h6-9,12-13,16,19H,10-11,21H2,1-5H3,(H,22,26)(H,23,24);1H/t16?,19-;/m0./s1. The van der Waals surface area contributed by atoms with Gasteiger partial charge in [0.15, 0.2) is 0 Å². The van der Waals surface area contributed by atoms with Crippen LogP contribution in [0.4, 0.5) is 0 Å². The Balaban J connectivity index is 0.00000729. The number of hydrogen-bond acceptors (Lipinski definition) is 5. The lowest BCUT2D eigenvalue weighted by atomic mass is 10.0. The fourth-order valence-electron chi connectivity index (χ4n) is 2.36. The zero-order valence-electron chi connectivity index (χ0n) is 17.2. The molecular weight excluding hydrogens is 382 g/mol. The lowest BCUT2D eigenvalue weighted by molar-refractivity contribution is -0.148. The summed E-state index contributed by atoms with van der Waals surface area (Å²) in [6, 6.07) is 6.32. The van der Waals surface area contributed by atoms with Gasteiger partial charge >= 0.3 is 5.97 Å². The van der Waals surface area contributed by atoms with E-state index in [1.54, 1.807) is 13.8 Å². The van der Waals surface area contributed by atoms with Crippen molar-refractivity contribution in [3.8, 4) is 0 Å². The number of benzene rings is 1. The molecule has 0 radical (unpaired) electrons. The molecule has 0 aromatic heterocycles. The number of ether oxygens (including phenoxy) is 1. The van der Waals surface area contributed by atoms with Gasteiger partial charge in [0.2, 0.25) is 11.8 Å². The number of nitrogens with one attached hydrogen (secondary N) is 2. The van der Waals surface area contributed by atoms with Gasteiger partial charge in [0, 0.05) is 0 Å². The molecule has 158 valence electrons. The quantitative estimate of drug-likeness (QED) is 0.536. The minimum Gasteiger partial charge on any atom is -0.463 e. The highest BCUT2D eigenvalue weighted by Gasteiger charge is 2.22. The molecule has 1 unspecified atom stereocenters. The van der Waals surface area contributed by atoms with E-state index in [1.807, 2.05) is 45.0 Å². The first-order valence-electron chi connectivity index (χ1n) is 9.18. The van der Waals surface area contributed by atoms with Crippen molar-refractivity contribution in [2.75, 3.05) is 6.54 Å². The second-order valence-electron chi connectivity index (χ2n) is 7.26. The van der Waals surface area contributed by atoms with Crippen LogP contribution >= 0.6 is 12.4 Å². The summed E-state index contributed by atoms with van der Waals surface area (Å²) in [5, 5.41) is 5.31. The van der Waals surface area contributed by atoms with Crippen LogP contribution in [0.25, 0.3) is 0 Å². The van der Waals surface area contributed by atoms with Gasteiger partial charge in [0.05, 0.1) is 31.2 Å². The van der Waals surface area contributed by atoms with Crippen LogP contribution in [0.2, 0.25) is 0 Å². The van der Waals surface area contributed by atoms with Crippen molar-refractivity contribution < 1.29 is 19.1 Å². The van der Waals surface area contributed by atoms with Crippen molar-refractivity contribution in [3.05, 3.63) is 35.4 Å². The SMILES string of the molecule is Cc1ccc(C(CC(=O)OC(C)C)NC(=O)CNC(=O)[C@@H](N)C(C)C)cc1.Cl. The number of esters is 1. The molecule has 0 aliphatic carbocycles. The largest absolute Gasteiger partial charge is 0.463 e. The maximum Gasteiger partial charge on any atom is 0.308 e. The molecule has 28 heavy (non-hydrogen) atoms. The number of rotatable bonds is 9. The molecule has 0 aliphatic heterocycles. The first-order chi connectivity index (χ1) is 12.6. The zero-order chi connectivity index (χ0) is 20.6. The molecule has 1 rings (SSSR count). The fourth-order valence-corrected chi connectivity index (χ4v) is 2.36. The van der Waals surface area contributed by atoms with Gasteiger partial charge in [0.25, 0.3) is 0 Å². The van der Waals surface area contributed by atoms with E-state index in [0.717, 1.165) is 11.1 Å². The molecule has 2 atom stereocenters. The molecule has 7 nitrogen and oxygen atoms in total. The predicted molar refractivity (Wildman–Crippen MR) is 111 cm³/mol. The van der Waals surface area contributed by atoms with Gasteiger partial charge in [-0.1, -0.05) is 43.7 Å². The Morgan fingerprint density at radius 3 is 2.14 bits per heavy atom. The Bertz CT molecular complexity index is 647. The third-order valence-corrected chi connectivity index (χ3v) is 4.00. The van der Waals surface area contributed by atoms with E-state index >= 15 is 0 Å². The molecule has 4 N–H and O–H groups in total. The van der Waals surface area contributed by atoms with Crippen molar-refractivity contribution in [3.63, 3.8) is 0 Å². The van der Waals surface area contributed by atoms with Gasteiger partial charge in [0.1, 0.15) is 0 Å². The Kier molecular flexibility index (Phi) is 11.4. The minimum atomic E-state index is -0.674. The van der Waals surface area contributed by atoms with Crippen LogP contribution in [0, 0.1) is 12.8 Å². The van der Waals surface area contributed by atoms with Crippen molar-refractivity contribution in [1.29, 1.82) is 0 Å². The Morgan fingerprint density at radius 2 is 1.64 bits per heavy atom. The van der Waals surface area contributed by atoms with Crippen molar-refractivity contribution in [2.24, 2.45) is 11.7 Å². The Hall–Kier alpha value is -2.12. The number of carbonyl (C=O) groups is 3. The van der Waals surface area contributed by atoms with Gasteiger partial charge in [-0.05, 0) is 32.3 Å². The smallest absolute Gasteiger partial charge is 0.308 e. The summed E-state index contributed by atoms with van der Waals surface area (Å²) in [7, 11) is 0. The van der Waals surface area contributed by atoms with Gasteiger partial charge in [-0.25, -0.2) is 0 Å². The maximum absolute atomic E-state index is 12.3. The lowest BCUT2D eigenvalue weighted by Gasteiger charge is -2.20. The molecule has 0 heterocycles. The number of amides is 2. The predicted octanol–water partition coefficient (Wildman–Crippen LogP) is 2.02. The fraction of sp³-hybridized carbons (Fsp3) is 0.550. The maximum atomic E-state index is 12.3. The van der Waals surface area contributed by atoms with E-state index in [9.17, 15) is 14.4 Å². The summed E-state index contributed by atoms with van der Waals surface area (Å²) in [6.07, 6.45) is -0.226. The second kappa shape index (κ2) is 12.4. The summed E-state index contributed by atoms with van der Waals surface area (Å²) >= 11 is 0. The molecular formula is C20H32ClN3O4. The number of halogens is 1. The Morgan fingerprint density at radius 1 is 1.07 bits per heavy atom. The molecule has 0 bridgehead atoms. The first kappa shape index (κ1) is 25.9. The number of hydrogen-bond donors (Lipinski definition) is 3. The van der Waals surface area contributed by atoms with Crippen LogP contribution in [0.5, 0.6) is 0 Å².